The number of carbonyl (C=O) groups is 2. The largest absolute Gasteiger partial charge is 0.343 e. The van der Waals surface area contributed by atoms with Crippen molar-refractivity contribution in [3.63, 3.8) is 0 Å². The van der Waals surface area contributed by atoms with E-state index in [4.69, 9.17) is 11.6 Å². The number of aromatic nitrogens is 4. The molecule has 1 saturated carbocycles. The topological polar surface area (TPSA) is 85.0 Å². The molecule has 2 aromatic rings. The minimum absolute atomic E-state index is 0.0361. The predicted octanol–water partition coefficient (Wildman–Crippen LogP) is 2.91. The Labute approximate surface area is 165 Å². The summed E-state index contributed by atoms with van der Waals surface area (Å²) in [6.45, 7) is 1.98. The van der Waals surface area contributed by atoms with Crippen LogP contribution in [0.4, 0.5) is 14.5 Å². The minimum Gasteiger partial charge on any atom is -0.343 e. The van der Waals surface area contributed by atoms with E-state index in [2.05, 4.69) is 15.5 Å². The van der Waals surface area contributed by atoms with Crippen LogP contribution in [-0.2, 0) is 17.9 Å². The van der Waals surface area contributed by atoms with Crippen molar-refractivity contribution in [3.05, 3.63) is 28.3 Å². The van der Waals surface area contributed by atoms with Crippen LogP contribution in [0.1, 0.15) is 54.0 Å². The van der Waals surface area contributed by atoms with E-state index < -0.39 is 18.0 Å². The summed E-state index contributed by atoms with van der Waals surface area (Å²) in [5, 5.41) is 10.5. The van der Waals surface area contributed by atoms with Gasteiger partial charge in [-0.15, -0.1) is 0 Å². The monoisotopic (exact) mass is 414 g/mol. The van der Waals surface area contributed by atoms with E-state index in [9.17, 15) is 18.4 Å². The predicted molar refractivity (Wildman–Crippen MR) is 98.7 cm³/mol. The van der Waals surface area contributed by atoms with Crippen LogP contribution in [0.5, 0.6) is 0 Å². The van der Waals surface area contributed by atoms with Crippen molar-refractivity contribution >= 4 is 29.1 Å². The van der Waals surface area contributed by atoms with Crippen LogP contribution < -0.4 is 5.32 Å². The fourth-order valence-electron chi connectivity index (χ4n) is 2.96. The summed E-state index contributed by atoms with van der Waals surface area (Å²) in [4.78, 5) is 26.3. The average Bonchev–Trinajstić information content (AvgIpc) is 3.30. The minimum atomic E-state index is -2.82. The second-order valence-electron chi connectivity index (χ2n) is 6.79. The molecule has 2 heterocycles. The van der Waals surface area contributed by atoms with Crippen LogP contribution in [0.15, 0.2) is 6.20 Å². The van der Waals surface area contributed by atoms with Gasteiger partial charge in [-0.05, 0) is 19.8 Å². The molecule has 0 radical (unpaired) electrons. The number of alkyl halides is 2. The molecule has 152 valence electrons. The highest BCUT2D eigenvalue weighted by atomic mass is 35.5. The number of anilines is 1. The van der Waals surface area contributed by atoms with E-state index >= 15 is 0 Å². The van der Waals surface area contributed by atoms with Gasteiger partial charge in [-0.25, -0.2) is 8.78 Å². The molecule has 28 heavy (non-hydrogen) atoms. The fraction of sp³-hybridized carbons (Fsp3) is 0.529. The summed E-state index contributed by atoms with van der Waals surface area (Å²) in [6, 6.07) is 0. The number of nitrogens with one attached hydrogen (secondary N) is 1. The second-order valence-corrected chi connectivity index (χ2v) is 7.17. The molecule has 1 aliphatic carbocycles. The zero-order valence-electron chi connectivity index (χ0n) is 15.7. The van der Waals surface area contributed by atoms with Gasteiger partial charge in [-0.1, -0.05) is 11.6 Å². The van der Waals surface area contributed by atoms with Crippen LogP contribution in [0, 0.1) is 0 Å². The first kappa shape index (κ1) is 20.2. The third-order valence-electron chi connectivity index (χ3n) is 4.44. The van der Waals surface area contributed by atoms with Crippen LogP contribution in [0.25, 0.3) is 0 Å². The third-order valence-corrected chi connectivity index (χ3v) is 4.83. The molecule has 0 unspecified atom stereocenters. The molecular formula is C17H21ClF2N6O2. The lowest BCUT2D eigenvalue weighted by molar-refractivity contribution is -0.117. The van der Waals surface area contributed by atoms with E-state index in [1.165, 1.54) is 20.5 Å². The standard InChI is InChI=1S/C17H21ClF2N6O2/c1-4-25-15(17(28)24(2)3)10(7-21-25)22-11(27)8-26-14(9-5-6-9)12(18)13(23-26)16(19)20/h7,9,16H,4-6,8H2,1-3H3,(H,22,27). The van der Waals surface area contributed by atoms with E-state index in [0.29, 0.717) is 12.2 Å². The number of halogens is 3. The Bertz CT molecular complexity index is 904. The number of amides is 2. The van der Waals surface area contributed by atoms with Crippen LogP contribution >= 0.6 is 11.6 Å². The van der Waals surface area contributed by atoms with Gasteiger partial charge in [-0.3, -0.25) is 19.0 Å². The van der Waals surface area contributed by atoms with Crippen molar-refractivity contribution in [2.24, 2.45) is 0 Å². The number of hydrogen-bond acceptors (Lipinski definition) is 4. The van der Waals surface area contributed by atoms with Gasteiger partial charge in [0.2, 0.25) is 5.91 Å². The van der Waals surface area contributed by atoms with Crippen molar-refractivity contribution in [1.82, 2.24) is 24.5 Å². The molecule has 3 rings (SSSR count). The normalized spacial score (nSPS) is 13.8. The van der Waals surface area contributed by atoms with Gasteiger partial charge >= 0.3 is 0 Å². The number of nitrogens with zero attached hydrogens (tertiary/aromatic N) is 5. The Kier molecular flexibility index (Phi) is 5.69. The molecule has 0 bridgehead atoms. The SMILES string of the molecule is CCn1ncc(NC(=O)Cn2nc(C(F)F)c(Cl)c2C2CC2)c1C(=O)N(C)C. The smallest absolute Gasteiger partial charge is 0.283 e. The molecule has 11 heteroatoms. The molecule has 8 nitrogen and oxygen atoms in total. The fourth-order valence-corrected chi connectivity index (χ4v) is 3.33. The third kappa shape index (κ3) is 3.87. The second kappa shape index (κ2) is 7.86. The Morgan fingerprint density at radius 3 is 2.57 bits per heavy atom. The Balaban J connectivity index is 1.83. The van der Waals surface area contributed by atoms with Crippen molar-refractivity contribution in [1.29, 1.82) is 0 Å². The van der Waals surface area contributed by atoms with Crippen molar-refractivity contribution in [2.75, 3.05) is 19.4 Å². The maximum atomic E-state index is 13.1. The van der Waals surface area contributed by atoms with Crippen LogP contribution in [0.2, 0.25) is 5.02 Å². The maximum Gasteiger partial charge on any atom is 0.283 e. The van der Waals surface area contributed by atoms with Crippen molar-refractivity contribution in [2.45, 2.75) is 45.2 Å². The van der Waals surface area contributed by atoms with Gasteiger partial charge < -0.3 is 10.2 Å². The lowest BCUT2D eigenvalue weighted by atomic mass is 10.2. The molecule has 0 atom stereocenters. The highest BCUT2D eigenvalue weighted by molar-refractivity contribution is 6.32. The van der Waals surface area contributed by atoms with Gasteiger partial charge in [0.1, 0.15) is 17.9 Å². The summed E-state index contributed by atoms with van der Waals surface area (Å²) in [5.41, 5.74) is 0.445. The summed E-state index contributed by atoms with van der Waals surface area (Å²) in [7, 11) is 3.20. The molecule has 0 saturated heterocycles. The zero-order chi connectivity index (χ0) is 20.6. The lowest BCUT2D eigenvalue weighted by Gasteiger charge is -2.14. The van der Waals surface area contributed by atoms with Gasteiger partial charge in [0.05, 0.1) is 22.6 Å². The first-order valence-corrected chi connectivity index (χ1v) is 9.23. The molecule has 2 aromatic heterocycles. The maximum absolute atomic E-state index is 13.1. The highest BCUT2D eigenvalue weighted by Crippen LogP contribution is 2.45. The summed E-state index contributed by atoms with van der Waals surface area (Å²) in [6.07, 6.45) is 0.211. The molecule has 2 amide bonds. The molecule has 0 spiro atoms. The zero-order valence-corrected chi connectivity index (χ0v) is 16.5. The van der Waals surface area contributed by atoms with Gasteiger partial charge in [0, 0.05) is 26.6 Å². The first-order valence-electron chi connectivity index (χ1n) is 8.86. The number of carbonyl (C=O) groups excluding carboxylic acids is 2. The summed E-state index contributed by atoms with van der Waals surface area (Å²) in [5.74, 6) is -0.783. The number of hydrogen-bond donors (Lipinski definition) is 1. The van der Waals surface area contributed by atoms with E-state index in [-0.39, 0.29) is 34.8 Å². The number of aryl methyl sites for hydroxylation is 1. The van der Waals surface area contributed by atoms with Crippen LogP contribution in [0.3, 0.4) is 0 Å². The van der Waals surface area contributed by atoms with Gasteiger partial charge in [0.25, 0.3) is 12.3 Å². The molecule has 1 N–H and O–H groups in total. The Morgan fingerprint density at radius 1 is 1.36 bits per heavy atom. The van der Waals surface area contributed by atoms with Crippen molar-refractivity contribution in [3.8, 4) is 0 Å². The quantitative estimate of drug-likeness (QED) is 0.754. The average molecular weight is 415 g/mol. The van der Waals surface area contributed by atoms with Crippen molar-refractivity contribution < 1.29 is 18.4 Å². The Hall–Kier alpha value is -2.49. The summed E-state index contributed by atoms with van der Waals surface area (Å²) >= 11 is 6.07. The van der Waals surface area contributed by atoms with Crippen LogP contribution in [-0.4, -0.2) is 50.4 Å². The molecule has 0 aromatic carbocycles. The lowest BCUT2D eigenvalue weighted by Crippen LogP contribution is -2.27. The first-order chi connectivity index (χ1) is 13.2. The Morgan fingerprint density at radius 2 is 2.04 bits per heavy atom. The van der Waals surface area contributed by atoms with E-state index in [1.54, 1.807) is 14.1 Å². The molecule has 0 aliphatic heterocycles. The molecular weight excluding hydrogens is 394 g/mol. The number of rotatable bonds is 7. The van der Waals surface area contributed by atoms with Gasteiger partial charge in [-0.2, -0.15) is 10.2 Å². The summed E-state index contributed by atoms with van der Waals surface area (Å²) < 4.78 is 29.0. The highest BCUT2D eigenvalue weighted by Gasteiger charge is 2.34. The molecule has 1 fully saturated rings. The van der Waals surface area contributed by atoms with Gasteiger partial charge in [0.15, 0.2) is 0 Å². The van der Waals surface area contributed by atoms with E-state index in [1.807, 2.05) is 6.92 Å². The van der Waals surface area contributed by atoms with E-state index in [0.717, 1.165) is 12.8 Å². The molecule has 1 aliphatic rings.